The molecule has 2 aromatic carbocycles. The molecule has 1 fully saturated rings. The number of anilines is 1. The van der Waals surface area contributed by atoms with Gasteiger partial charge >= 0.3 is 5.97 Å². The van der Waals surface area contributed by atoms with Crippen LogP contribution in [0.4, 0.5) is 11.4 Å². The summed E-state index contributed by atoms with van der Waals surface area (Å²) in [5.41, 5.74) is 0.0883. The third-order valence-electron chi connectivity index (χ3n) is 5.10. The van der Waals surface area contributed by atoms with Crippen LogP contribution in [0.1, 0.15) is 36.5 Å². The Kier molecular flexibility index (Phi) is 7.67. The second-order valence-electron chi connectivity index (χ2n) is 7.45. The molecule has 0 aliphatic carbocycles. The van der Waals surface area contributed by atoms with Crippen molar-refractivity contribution in [2.75, 3.05) is 18.4 Å². The Bertz CT molecular complexity index is 1160. The number of amides is 1. The monoisotopic (exact) mass is 495 g/mol. The number of esters is 1. The molecule has 1 amide bonds. The number of nitro groups is 1. The van der Waals surface area contributed by atoms with Gasteiger partial charge in [-0.3, -0.25) is 14.9 Å². The highest BCUT2D eigenvalue weighted by molar-refractivity contribution is 7.89. The summed E-state index contributed by atoms with van der Waals surface area (Å²) in [4.78, 5) is 34.9. The molecule has 2 aromatic rings. The normalized spacial score (nSPS) is 15.5. The molecule has 1 aliphatic rings. The van der Waals surface area contributed by atoms with Crippen LogP contribution in [-0.4, -0.2) is 48.7 Å². The number of piperidine rings is 1. The second kappa shape index (κ2) is 10.3. The maximum absolute atomic E-state index is 13.0. The van der Waals surface area contributed by atoms with Crippen LogP contribution in [0.15, 0.2) is 47.4 Å². The van der Waals surface area contributed by atoms with E-state index in [0.717, 1.165) is 25.3 Å². The Labute approximate surface area is 195 Å². The molecule has 0 spiro atoms. The average Bonchev–Trinajstić information content (AvgIpc) is 2.80. The van der Waals surface area contributed by atoms with Crippen molar-refractivity contribution in [2.24, 2.45) is 0 Å². The number of nitrogens with one attached hydrogen (secondary N) is 1. The van der Waals surface area contributed by atoms with E-state index in [2.05, 4.69) is 5.32 Å². The Balaban J connectivity index is 1.69. The molecule has 1 heterocycles. The lowest BCUT2D eigenvalue weighted by atomic mass is 10.2. The van der Waals surface area contributed by atoms with E-state index in [1.165, 1.54) is 47.6 Å². The zero-order valence-electron chi connectivity index (χ0n) is 17.7. The van der Waals surface area contributed by atoms with Crippen LogP contribution in [0.5, 0.6) is 0 Å². The van der Waals surface area contributed by atoms with Gasteiger partial charge in [-0.2, -0.15) is 4.31 Å². The Morgan fingerprint density at radius 2 is 1.76 bits per heavy atom. The molecule has 1 atom stereocenters. The van der Waals surface area contributed by atoms with Gasteiger partial charge in [-0.1, -0.05) is 18.0 Å². The van der Waals surface area contributed by atoms with Crippen molar-refractivity contribution in [2.45, 2.75) is 37.2 Å². The molecule has 10 nitrogen and oxygen atoms in total. The van der Waals surface area contributed by atoms with Gasteiger partial charge in [0.25, 0.3) is 11.6 Å². The fourth-order valence-corrected chi connectivity index (χ4v) is 5.28. The molecule has 33 heavy (non-hydrogen) atoms. The van der Waals surface area contributed by atoms with Crippen molar-refractivity contribution >= 4 is 44.9 Å². The first-order chi connectivity index (χ1) is 15.6. The summed E-state index contributed by atoms with van der Waals surface area (Å²) in [6, 6.07) is 8.92. The van der Waals surface area contributed by atoms with Gasteiger partial charge in [0.05, 0.1) is 15.5 Å². The second-order valence-corrected chi connectivity index (χ2v) is 9.76. The lowest BCUT2D eigenvalue weighted by Crippen LogP contribution is -2.36. The molecule has 1 aliphatic heterocycles. The first-order valence-electron chi connectivity index (χ1n) is 10.2. The summed E-state index contributed by atoms with van der Waals surface area (Å²) in [7, 11) is -3.88. The van der Waals surface area contributed by atoms with E-state index in [1.807, 2.05) is 0 Å². The minimum atomic E-state index is -3.88. The predicted octanol–water partition coefficient (Wildman–Crippen LogP) is 3.61. The van der Waals surface area contributed by atoms with Crippen LogP contribution in [0.3, 0.4) is 0 Å². The van der Waals surface area contributed by atoms with Crippen LogP contribution in [-0.2, 0) is 19.6 Å². The first kappa shape index (κ1) is 24.6. The number of hydrogen-bond acceptors (Lipinski definition) is 7. The van der Waals surface area contributed by atoms with Gasteiger partial charge < -0.3 is 10.1 Å². The van der Waals surface area contributed by atoms with Crippen LogP contribution in [0.25, 0.3) is 0 Å². The number of nitrogens with zero attached hydrogens (tertiary/aromatic N) is 2. The minimum Gasteiger partial charge on any atom is -0.449 e. The average molecular weight is 496 g/mol. The number of nitro benzene ring substituents is 1. The molecule has 1 unspecified atom stereocenters. The Morgan fingerprint density at radius 3 is 2.36 bits per heavy atom. The molecular weight excluding hydrogens is 474 g/mol. The summed E-state index contributed by atoms with van der Waals surface area (Å²) in [5.74, 6) is -1.56. The lowest BCUT2D eigenvalue weighted by molar-refractivity contribution is -0.384. The van der Waals surface area contributed by atoms with Crippen LogP contribution >= 0.6 is 11.6 Å². The molecule has 1 N–H and O–H groups in total. The van der Waals surface area contributed by atoms with E-state index in [0.29, 0.717) is 13.1 Å². The highest BCUT2D eigenvalue weighted by Gasteiger charge is 2.29. The maximum atomic E-state index is 13.0. The molecule has 12 heteroatoms. The van der Waals surface area contributed by atoms with Crippen LogP contribution in [0.2, 0.25) is 5.02 Å². The lowest BCUT2D eigenvalue weighted by Gasteiger charge is -2.26. The van der Waals surface area contributed by atoms with Crippen molar-refractivity contribution < 1.29 is 27.7 Å². The first-order valence-corrected chi connectivity index (χ1v) is 12.0. The Hall–Kier alpha value is -3.02. The van der Waals surface area contributed by atoms with E-state index < -0.39 is 32.9 Å². The fourth-order valence-electron chi connectivity index (χ4n) is 3.26. The largest absolute Gasteiger partial charge is 0.449 e. The predicted molar refractivity (Wildman–Crippen MR) is 121 cm³/mol. The smallest absolute Gasteiger partial charge is 0.338 e. The number of ether oxygens (including phenoxy) is 1. The van der Waals surface area contributed by atoms with Crippen LogP contribution in [0, 0.1) is 10.1 Å². The highest BCUT2D eigenvalue weighted by Crippen LogP contribution is 2.28. The Morgan fingerprint density at radius 1 is 1.12 bits per heavy atom. The molecule has 0 radical (unpaired) electrons. The van der Waals surface area contributed by atoms with E-state index in [1.54, 1.807) is 0 Å². The van der Waals surface area contributed by atoms with E-state index in [4.69, 9.17) is 16.3 Å². The van der Waals surface area contributed by atoms with E-state index >= 15 is 0 Å². The van der Waals surface area contributed by atoms with Gasteiger partial charge in [0.1, 0.15) is 4.90 Å². The van der Waals surface area contributed by atoms with Gasteiger partial charge in [-0.05, 0) is 50.1 Å². The number of halogens is 1. The molecule has 176 valence electrons. The standard InChI is InChI=1S/C21H22ClN3O7S/c1-14(20(26)23-16-6-8-17(9-7-16)25(28)29)32-21(27)15-5-10-18(22)19(13-15)33(30,31)24-11-3-2-4-12-24/h5-10,13-14H,2-4,11-12H2,1H3,(H,23,26). The van der Waals surface area contributed by atoms with Crippen molar-refractivity contribution in [3.8, 4) is 0 Å². The van der Waals surface area contributed by atoms with Gasteiger partial charge in [0.2, 0.25) is 10.0 Å². The zero-order chi connectivity index (χ0) is 24.2. The number of sulfonamides is 1. The third kappa shape index (κ3) is 5.86. The van der Waals surface area contributed by atoms with Crippen molar-refractivity contribution in [3.05, 3.63) is 63.2 Å². The third-order valence-corrected chi connectivity index (χ3v) is 7.48. The van der Waals surface area contributed by atoms with Gasteiger partial charge in [0.15, 0.2) is 6.10 Å². The molecule has 0 bridgehead atoms. The maximum Gasteiger partial charge on any atom is 0.338 e. The van der Waals surface area contributed by atoms with Crippen molar-refractivity contribution in [1.29, 1.82) is 0 Å². The number of non-ortho nitro benzene ring substituents is 1. The van der Waals surface area contributed by atoms with Crippen molar-refractivity contribution in [3.63, 3.8) is 0 Å². The van der Waals surface area contributed by atoms with Crippen molar-refractivity contribution in [1.82, 2.24) is 4.31 Å². The van der Waals surface area contributed by atoms with Gasteiger partial charge in [0, 0.05) is 30.9 Å². The molecule has 3 rings (SSSR count). The highest BCUT2D eigenvalue weighted by atomic mass is 35.5. The molecule has 0 aromatic heterocycles. The van der Waals surface area contributed by atoms with Crippen LogP contribution < -0.4 is 5.32 Å². The van der Waals surface area contributed by atoms with Gasteiger partial charge in [-0.15, -0.1) is 0 Å². The van der Waals surface area contributed by atoms with Gasteiger partial charge in [-0.25, -0.2) is 13.2 Å². The number of carbonyl (C=O) groups excluding carboxylic acids is 2. The quantitative estimate of drug-likeness (QED) is 0.352. The summed E-state index contributed by atoms with van der Waals surface area (Å²) >= 11 is 6.12. The number of benzene rings is 2. The topological polar surface area (TPSA) is 136 Å². The molecule has 0 saturated carbocycles. The summed E-state index contributed by atoms with van der Waals surface area (Å²) in [6.07, 6.45) is 1.23. The summed E-state index contributed by atoms with van der Waals surface area (Å²) < 4.78 is 32.4. The molecular formula is C21H22ClN3O7S. The molecule has 1 saturated heterocycles. The summed E-state index contributed by atoms with van der Waals surface area (Å²) in [5, 5.41) is 13.2. The minimum absolute atomic E-state index is 0.0129. The van der Waals surface area contributed by atoms with E-state index in [9.17, 15) is 28.1 Å². The van der Waals surface area contributed by atoms with E-state index in [-0.39, 0.29) is 26.9 Å². The summed E-state index contributed by atoms with van der Waals surface area (Å²) in [6.45, 7) is 2.11. The number of rotatable bonds is 7. The zero-order valence-corrected chi connectivity index (χ0v) is 19.3. The number of carbonyl (C=O) groups is 2. The SMILES string of the molecule is CC(OC(=O)c1ccc(Cl)c(S(=O)(=O)N2CCCCC2)c1)C(=O)Nc1ccc([N+](=O)[O-])cc1. The number of hydrogen-bond donors (Lipinski definition) is 1. The fraction of sp³-hybridized carbons (Fsp3) is 0.333.